The second-order valence-corrected chi connectivity index (χ2v) is 7.55. The first kappa shape index (κ1) is 20.1. The highest BCUT2D eigenvalue weighted by atomic mass is 32.2. The molecule has 0 radical (unpaired) electrons. The van der Waals surface area contributed by atoms with Gasteiger partial charge in [-0.1, -0.05) is 30.0 Å². The minimum Gasteiger partial charge on any atom is -0.406 e. The van der Waals surface area contributed by atoms with Gasteiger partial charge in [0.25, 0.3) is 5.91 Å². The second-order valence-electron chi connectivity index (χ2n) is 6.43. The molecule has 0 aliphatic carbocycles. The van der Waals surface area contributed by atoms with E-state index >= 15 is 0 Å². The molecule has 1 unspecified atom stereocenters. The first-order chi connectivity index (χ1) is 13.1. The number of carbonyl (C=O) groups excluding carboxylic acids is 1. The quantitative estimate of drug-likeness (QED) is 0.779. The highest BCUT2D eigenvalue weighted by Crippen LogP contribution is 2.36. The average Bonchev–Trinajstić information content (AvgIpc) is 2.60. The lowest BCUT2D eigenvalue weighted by Crippen LogP contribution is -2.28. The molecule has 0 spiro atoms. The maximum absolute atomic E-state index is 12.5. The summed E-state index contributed by atoms with van der Waals surface area (Å²) in [6, 6.07) is 12.1. The van der Waals surface area contributed by atoms with Crippen LogP contribution in [-0.2, 0) is 5.54 Å². The Hall–Kier alpha value is -2.68. The van der Waals surface area contributed by atoms with Gasteiger partial charge in [0, 0.05) is 17.0 Å². The van der Waals surface area contributed by atoms with E-state index in [1.165, 1.54) is 23.9 Å². The molecular weight excluding hydrogens is 391 g/mol. The Bertz CT molecular complexity index is 917. The maximum atomic E-state index is 12.5. The molecule has 1 aliphatic rings. The molecule has 28 heavy (non-hydrogen) atoms. The number of hydrogen-bond donors (Lipinski definition) is 2. The molecule has 0 bridgehead atoms. The van der Waals surface area contributed by atoms with Crippen LogP contribution in [0.1, 0.15) is 29.3 Å². The first-order valence-electron chi connectivity index (χ1n) is 8.40. The molecule has 148 valence electrons. The Balaban J connectivity index is 1.78. The molecule has 9 heteroatoms. The zero-order valence-electron chi connectivity index (χ0n) is 14.9. The normalized spacial score (nSPS) is 19.6. The molecule has 5 nitrogen and oxygen atoms in total. The van der Waals surface area contributed by atoms with Crippen molar-refractivity contribution in [2.24, 2.45) is 10.7 Å². The number of thioether (sulfide) groups is 1. The van der Waals surface area contributed by atoms with Crippen molar-refractivity contribution in [2.75, 3.05) is 11.1 Å². The van der Waals surface area contributed by atoms with Crippen molar-refractivity contribution in [1.82, 2.24) is 0 Å². The van der Waals surface area contributed by atoms with Crippen molar-refractivity contribution in [3.05, 3.63) is 59.7 Å². The lowest BCUT2D eigenvalue weighted by atomic mass is 9.89. The zero-order chi connectivity index (χ0) is 20.4. The molecule has 1 aliphatic heterocycles. The van der Waals surface area contributed by atoms with Crippen LogP contribution in [0.15, 0.2) is 53.5 Å². The summed E-state index contributed by atoms with van der Waals surface area (Å²) >= 11 is 1.50. The fourth-order valence-corrected chi connectivity index (χ4v) is 3.84. The number of halogens is 3. The number of nitrogens with one attached hydrogen (secondary N) is 1. The van der Waals surface area contributed by atoms with Crippen molar-refractivity contribution in [3.8, 4) is 5.75 Å². The van der Waals surface area contributed by atoms with E-state index < -0.39 is 23.6 Å². The molecule has 2 aromatic carbocycles. The molecule has 0 saturated carbocycles. The van der Waals surface area contributed by atoms with Crippen molar-refractivity contribution in [3.63, 3.8) is 0 Å². The van der Waals surface area contributed by atoms with Crippen molar-refractivity contribution >= 4 is 28.5 Å². The van der Waals surface area contributed by atoms with E-state index in [2.05, 4.69) is 15.0 Å². The zero-order valence-corrected chi connectivity index (χ0v) is 15.7. The number of rotatable bonds is 4. The number of hydrogen-bond acceptors (Lipinski definition) is 5. The first-order valence-corrected chi connectivity index (χ1v) is 9.39. The predicted molar refractivity (Wildman–Crippen MR) is 104 cm³/mol. The van der Waals surface area contributed by atoms with Crippen LogP contribution in [0.4, 0.5) is 18.9 Å². The van der Waals surface area contributed by atoms with E-state index in [4.69, 9.17) is 5.73 Å². The van der Waals surface area contributed by atoms with E-state index in [0.29, 0.717) is 10.9 Å². The van der Waals surface area contributed by atoms with Gasteiger partial charge >= 0.3 is 6.36 Å². The Kier molecular flexibility index (Phi) is 5.55. The molecule has 0 saturated heterocycles. The number of ether oxygens (including phenoxy) is 1. The molecule has 2 aromatic rings. The van der Waals surface area contributed by atoms with Crippen molar-refractivity contribution in [1.29, 1.82) is 0 Å². The van der Waals surface area contributed by atoms with E-state index in [9.17, 15) is 18.0 Å². The van der Waals surface area contributed by atoms with Crippen LogP contribution in [0.3, 0.4) is 0 Å². The van der Waals surface area contributed by atoms with E-state index in [1.807, 2.05) is 13.0 Å². The smallest absolute Gasteiger partial charge is 0.406 e. The molecule has 1 atom stereocenters. The number of amides is 1. The molecule has 1 amide bonds. The third-order valence-electron chi connectivity index (χ3n) is 4.27. The van der Waals surface area contributed by atoms with Gasteiger partial charge in [-0.05, 0) is 49.2 Å². The van der Waals surface area contributed by atoms with Crippen LogP contribution in [-0.4, -0.2) is 23.2 Å². The van der Waals surface area contributed by atoms with E-state index in [0.717, 1.165) is 29.9 Å². The minimum atomic E-state index is -4.82. The number of aliphatic imine (C=N–C) groups is 1. The number of alkyl halides is 3. The Morgan fingerprint density at radius 2 is 2.00 bits per heavy atom. The SMILES string of the molecule is CC1(c2cccc(NC(=O)c3cccc(OC(F)(F)F)c3)c2)CCSC(N)=N1. The van der Waals surface area contributed by atoms with Gasteiger partial charge in [0.05, 0.1) is 5.54 Å². The summed E-state index contributed by atoms with van der Waals surface area (Å²) in [7, 11) is 0. The second kappa shape index (κ2) is 7.75. The van der Waals surface area contributed by atoms with E-state index in [1.54, 1.807) is 18.2 Å². The standard InChI is InChI=1S/C19H18F3N3O2S/c1-18(8-9-28-17(23)25-18)13-5-3-6-14(11-13)24-16(26)12-4-2-7-15(10-12)27-19(20,21)22/h2-7,10-11H,8-9H2,1H3,(H2,23,25)(H,24,26). The molecule has 0 fully saturated rings. The summed E-state index contributed by atoms with van der Waals surface area (Å²) in [5.74, 6) is -0.155. The van der Waals surface area contributed by atoms with Gasteiger partial charge in [0.15, 0.2) is 5.17 Å². The number of nitrogens with two attached hydrogens (primary N) is 1. The Labute approximate surface area is 164 Å². The highest BCUT2D eigenvalue weighted by molar-refractivity contribution is 8.13. The lowest BCUT2D eigenvalue weighted by molar-refractivity contribution is -0.274. The lowest BCUT2D eigenvalue weighted by Gasteiger charge is -2.30. The summed E-state index contributed by atoms with van der Waals surface area (Å²) in [6.07, 6.45) is -4.02. The topological polar surface area (TPSA) is 76.7 Å². The van der Waals surface area contributed by atoms with Crippen LogP contribution >= 0.6 is 11.8 Å². The average molecular weight is 409 g/mol. The predicted octanol–water partition coefficient (Wildman–Crippen LogP) is 4.50. The Morgan fingerprint density at radius 1 is 1.25 bits per heavy atom. The van der Waals surface area contributed by atoms with Gasteiger partial charge in [0.2, 0.25) is 0 Å². The molecule has 3 N–H and O–H groups in total. The van der Waals surface area contributed by atoms with Crippen LogP contribution < -0.4 is 15.8 Å². The van der Waals surface area contributed by atoms with Gasteiger partial charge in [-0.25, -0.2) is 0 Å². The number of benzene rings is 2. The van der Waals surface area contributed by atoms with Crippen LogP contribution in [0.5, 0.6) is 5.75 Å². The van der Waals surface area contributed by atoms with Gasteiger partial charge in [-0.3, -0.25) is 9.79 Å². The summed E-state index contributed by atoms with van der Waals surface area (Å²) in [4.78, 5) is 17.0. The molecule has 1 heterocycles. The third-order valence-corrected chi connectivity index (χ3v) is 5.06. The maximum Gasteiger partial charge on any atom is 0.573 e. The van der Waals surface area contributed by atoms with E-state index in [-0.39, 0.29) is 5.56 Å². The largest absolute Gasteiger partial charge is 0.573 e. The Morgan fingerprint density at radius 3 is 2.71 bits per heavy atom. The number of anilines is 1. The van der Waals surface area contributed by atoms with Gasteiger partial charge in [0.1, 0.15) is 5.75 Å². The number of amidine groups is 1. The third kappa shape index (κ3) is 4.98. The summed E-state index contributed by atoms with van der Waals surface area (Å²) in [6.45, 7) is 1.97. The van der Waals surface area contributed by atoms with Crippen molar-refractivity contribution in [2.45, 2.75) is 25.2 Å². The van der Waals surface area contributed by atoms with Gasteiger partial charge in [-0.2, -0.15) is 0 Å². The summed E-state index contributed by atoms with van der Waals surface area (Å²) in [5.41, 5.74) is 6.82. The monoisotopic (exact) mass is 409 g/mol. The van der Waals surface area contributed by atoms with Gasteiger partial charge < -0.3 is 15.8 Å². The van der Waals surface area contributed by atoms with Crippen LogP contribution in [0, 0.1) is 0 Å². The molecule has 0 aromatic heterocycles. The number of carbonyl (C=O) groups is 1. The summed E-state index contributed by atoms with van der Waals surface area (Å²) < 4.78 is 40.9. The fraction of sp³-hybridized carbons (Fsp3) is 0.263. The minimum absolute atomic E-state index is 0.0506. The fourth-order valence-electron chi connectivity index (χ4n) is 2.86. The van der Waals surface area contributed by atoms with Crippen LogP contribution in [0.2, 0.25) is 0 Å². The molecule has 3 rings (SSSR count). The van der Waals surface area contributed by atoms with Crippen molar-refractivity contribution < 1.29 is 22.7 Å². The highest BCUT2D eigenvalue weighted by Gasteiger charge is 2.31. The summed E-state index contributed by atoms with van der Waals surface area (Å²) in [5, 5.41) is 3.21. The molecular formula is C19H18F3N3O2S. The van der Waals surface area contributed by atoms with Gasteiger partial charge in [-0.15, -0.1) is 13.2 Å². The number of nitrogens with zero attached hydrogens (tertiary/aromatic N) is 1. The van der Waals surface area contributed by atoms with Crippen LogP contribution in [0.25, 0.3) is 0 Å².